The van der Waals surface area contributed by atoms with Crippen molar-refractivity contribution in [3.8, 4) is 0 Å². The molecule has 0 spiro atoms. The van der Waals surface area contributed by atoms with E-state index in [1.807, 2.05) is 0 Å². The summed E-state index contributed by atoms with van der Waals surface area (Å²) in [5.41, 5.74) is 0. The van der Waals surface area contributed by atoms with Crippen LogP contribution < -0.4 is 5.32 Å². The van der Waals surface area contributed by atoms with Crippen molar-refractivity contribution in [2.75, 3.05) is 32.7 Å². The fraction of sp³-hybridized carbons (Fsp3) is 1.00. The minimum absolute atomic E-state index is 0.882. The maximum Gasteiger partial charge on any atom is -0.00156 e. The van der Waals surface area contributed by atoms with E-state index in [0.29, 0.717) is 0 Å². The quantitative estimate of drug-likeness (QED) is 0.827. The molecule has 0 bridgehead atoms. The highest BCUT2D eigenvalue weighted by molar-refractivity contribution is 4.75. The molecule has 0 saturated carbocycles. The number of piperidine rings is 1. The van der Waals surface area contributed by atoms with Gasteiger partial charge in [-0.1, -0.05) is 13.8 Å². The Balaban J connectivity index is 1.66. The molecule has 2 fully saturated rings. The summed E-state index contributed by atoms with van der Waals surface area (Å²) in [6, 6.07) is 0. The normalized spacial score (nSPS) is 31.5. The highest BCUT2D eigenvalue weighted by atomic mass is 15.1. The van der Waals surface area contributed by atoms with Crippen molar-refractivity contribution in [2.45, 2.75) is 52.4 Å². The van der Waals surface area contributed by atoms with Gasteiger partial charge in [0.1, 0.15) is 0 Å². The first kappa shape index (κ1) is 14.3. The van der Waals surface area contributed by atoms with E-state index in [4.69, 9.17) is 0 Å². The molecular formula is C16H32N2. The third-order valence-corrected chi connectivity index (χ3v) is 5.06. The van der Waals surface area contributed by atoms with Crippen molar-refractivity contribution in [2.24, 2.45) is 17.8 Å². The molecule has 106 valence electrons. The van der Waals surface area contributed by atoms with Crippen molar-refractivity contribution >= 4 is 0 Å². The van der Waals surface area contributed by atoms with Crippen LogP contribution in [0.1, 0.15) is 52.4 Å². The van der Waals surface area contributed by atoms with Crippen LogP contribution in [0.15, 0.2) is 0 Å². The average Bonchev–Trinajstić information content (AvgIpc) is 2.63. The second kappa shape index (κ2) is 7.49. The van der Waals surface area contributed by atoms with Crippen LogP contribution in [0.3, 0.4) is 0 Å². The molecule has 2 unspecified atom stereocenters. The molecule has 2 rings (SSSR count). The van der Waals surface area contributed by atoms with Crippen LogP contribution in [-0.4, -0.2) is 37.6 Å². The van der Waals surface area contributed by atoms with Gasteiger partial charge in [-0.15, -0.1) is 0 Å². The van der Waals surface area contributed by atoms with Crippen LogP contribution in [0, 0.1) is 17.8 Å². The maximum atomic E-state index is 3.54. The van der Waals surface area contributed by atoms with Crippen LogP contribution in [0.5, 0.6) is 0 Å². The molecule has 1 N–H and O–H groups in total. The molecule has 2 atom stereocenters. The van der Waals surface area contributed by atoms with Crippen molar-refractivity contribution in [3.05, 3.63) is 0 Å². The Kier molecular flexibility index (Phi) is 5.97. The van der Waals surface area contributed by atoms with E-state index < -0.39 is 0 Å². The molecule has 2 saturated heterocycles. The number of hydrogen-bond acceptors (Lipinski definition) is 2. The maximum absolute atomic E-state index is 3.54. The highest BCUT2D eigenvalue weighted by Gasteiger charge is 2.20. The first-order valence-corrected chi connectivity index (χ1v) is 8.19. The van der Waals surface area contributed by atoms with Gasteiger partial charge in [-0.25, -0.2) is 0 Å². The number of likely N-dealkylation sites (tertiary alicyclic amines) is 1. The summed E-state index contributed by atoms with van der Waals surface area (Å²) in [7, 11) is 0. The Morgan fingerprint density at radius 3 is 2.72 bits per heavy atom. The monoisotopic (exact) mass is 252 g/mol. The van der Waals surface area contributed by atoms with Gasteiger partial charge < -0.3 is 10.2 Å². The van der Waals surface area contributed by atoms with Gasteiger partial charge in [-0.3, -0.25) is 0 Å². The number of hydrogen-bond donors (Lipinski definition) is 1. The molecule has 2 nitrogen and oxygen atoms in total. The topological polar surface area (TPSA) is 15.3 Å². The molecule has 0 radical (unpaired) electrons. The van der Waals surface area contributed by atoms with Gasteiger partial charge in [-0.2, -0.15) is 0 Å². The van der Waals surface area contributed by atoms with E-state index in [9.17, 15) is 0 Å². The van der Waals surface area contributed by atoms with Gasteiger partial charge >= 0.3 is 0 Å². The van der Waals surface area contributed by atoms with Crippen LogP contribution in [0.25, 0.3) is 0 Å². The zero-order valence-electron chi connectivity index (χ0n) is 12.5. The summed E-state index contributed by atoms with van der Waals surface area (Å²) < 4.78 is 0. The van der Waals surface area contributed by atoms with Gasteiger partial charge in [0, 0.05) is 0 Å². The van der Waals surface area contributed by atoms with Gasteiger partial charge in [-0.05, 0) is 89.0 Å². The highest BCUT2D eigenvalue weighted by Crippen LogP contribution is 2.25. The Morgan fingerprint density at radius 2 is 2.00 bits per heavy atom. The Morgan fingerprint density at radius 1 is 1.11 bits per heavy atom. The molecule has 2 heteroatoms. The van der Waals surface area contributed by atoms with E-state index >= 15 is 0 Å². The summed E-state index contributed by atoms with van der Waals surface area (Å²) in [5, 5.41) is 3.54. The van der Waals surface area contributed by atoms with Crippen molar-refractivity contribution in [3.63, 3.8) is 0 Å². The minimum Gasteiger partial charge on any atom is -0.316 e. The predicted molar refractivity (Wildman–Crippen MR) is 78.8 cm³/mol. The first-order chi connectivity index (χ1) is 8.75. The lowest BCUT2D eigenvalue weighted by atomic mass is 9.89. The molecule has 2 aliphatic rings. The minimum atomic E-state index is 0.882. The van der Waals surface area contributed by atoms with Gasteiger partial charge in [0.2, 0.25) is 0 Å². The fourth-order valence-electron chi connectivity index (χ4n) is 3.61. The van der Waals surface area contributed by atoms with E-state index in [0.717, 1.165) is 17.8 Å². The first-order valence-electron chi connectivity index (χ1n) is 8.19. The molecule has 0 aromatic carbocycles. The second-order valence-electron chi connectivity index (χ2n) is 6.78. The summed E-state index contributed by atoms with van der Waals surface area (Å²) in [4.78, 5) is 2.73. The zero-order chi connectivity index (χ0) is 12.8. The summed E-state index contributed by atoms with van der Waals surface area (Å²) in [6.45, 7) is 11.4. The second-order valence-corrected chi connectivity index (χ2v) is 6.78. The lowest BCUT2D eigenvalue weighted by molar-refractivity contribution is 0.237. The Labute approximate surface area is 114 Å². The average molecular weight is 252 g/mol. The van der Waals surface area contributed by atoms with Gasteiger partial charge in [0.15, 0.2) is 0 Å². The molecule has 18 heavy (non-hydrogen) atoms. The SMILES string of the molecule is CC(C)C1CCCN(CCC2CCCNC2)CC1. The van der Waals surface area contributed by atoms with E-state index in [2.05, 4.69) is 24.1 Å². The Bertz CT molecular complexity index is 221. The third kappa shape index (κ3) is 4.55. The van der Waals surface area contributed by atoms with Crippen molar-refractivity contribution in [1.29, 1.82) is 0 Å². The van der Waals surface area contributed by atoms with Crippen LogP contribution in [0.4, 0.5) is 0 Å². The molecule has 0 aromatic heterocycles. The molecule has 2 aliphatic heterocycles. The van der Waals surface area contributed by atoms with Gasteiger partial charge in [0.05, 0.1) is 0 Å². The molecule has 2 heterocycles. The third-order valence-electron chi connectivity index (χ3n) is 5.06. The smallest absolute Gasteiger partial charge is 0.00156 e. The molecule has 0 aromatic rings. The van der Waals surface area contributed by atoms with Gasteiger partial charge in [0.25, 0.3) is 0 Å². The van der Waals surface area contributed by atoms with E-state index in [1.54, 1.807) is 0 Å². The van der Waals surface area contributed by atoms with E-state index in [-0.39, 0.29) is 0 Å². The predicted octanol–water partition coefficient (Wildman–Crippen LogP) is 3.13. The van der Waals surface area contributed by atoms with E-state index in [1.165, 1.54) is 71.2 Å². The Hall–Kier alpha value is -0.0800. The lowest BCUT2D eigenvalue weighted by Gasteiger charge is -2.26. The van der Waals surface area contributed by atoms with Crippen LogP contribution >= 0.6 is 0 Å². The number of nitrogens with one attached hydrogen (secondary N) is 1. The largest absolute Gasteiger partial charge is 0.316 e. The fourth-order valence-corrected chi connectivity index (χ4v) is 3.61. The zero-order valence-corrected chi connectivity index (χ0v) is 12.5. The number of nitrogens with zero attached hydrogens (tertiary/aromatic N) is 1. The molecule has 0 amide bonds. The van der Waals surface area contributed by atoms with Crippen LogP contribution in [-0.2, 0) is 0 Å². The summed E-state index contributed by atoms with van der Waals surface area (Å²) in [6.07, 6.45) is 8.57. The van der Waals surface area contributed by atoms with Crippen molar-refractivity contribution < 1.29 is 0 Å². The number of rotatable bonds is 4. The van der Waals surface area contributed by atoms with Crippen molar-refractivity contribution in [1.82, 2.24) is 10.2 Å². The molecular weight excluding hydrogens is 220 g/mol. The lowest BCUT2D eigenvalue weighted by Crippen LogP contribution is -2.33. The van der Waals surface area contributed by atoms with Crippen LogP contribution in [0.2, 0.25) is 0 Å². The summed E-state index contributed by atoms with van der Waals surface area (Å²) >= 11 is 0. The summed E-state index contributed by atoms with van der Waals surface area (Å²) in [5.74, 6) is 2.81. The standard InChI is InChI=1S/C16H32N2/c1-14(2)16-6-4-10-18(12-8-16)11-7-15-5-3-9-17-13-15/h14-17H,3-13H2,1-2H3. The molecule has 0 aliphatic carbocycles.